The van der Waals surface area contributed by atoms with Crippen LogP contribution in [-0.2, 0) is 7.05 Å². The molecule has 0 aliphatic carbocycles. The third kappa shape index (κ3) is 1.66. The van der Waals surface area contributed by atoms with Gasteiger partial charge in [-0.25, -0.2) is 0 Å². The van der Waals surface area contributed by atoms with Crippen molar-refractivity contribution in [3.63, 3.8) is 0 Å². The van der Waals surface area contributed by atoms with Crippen molar-refractivity contribution in [1.82, 2.24) is 4.57 Å². The van der Waals surface area contributed by atoms with Crippen molar-refractivity contribution in [2.45, 2.75) is 0 Å². The van der Waals surface area contributed by atoms with E-state index in [2.05, 4.69) is 6.07 Å². The fraction of sp³-hybridized carbons (Fsp3) is 0.154. The summed E-state index contributed by atoms with van der Waals surface area (Å²) in [7, 11) is 3.54. The molecular weight excluding hydrogens is 200 g/mol. The summed E-state index contributed by atoms with van der Waals surface area (Å²) in [6.45, 7) is 0. The Morgan fingerprint density at radius 2 is 1.94 bits per heavy atom. The first-order chi connectivity index (χ1) is 7.76. The molecule has 1 aromatic heterocycles. The van der Waals surface area contributed by atoms with Crippen molar-refractivity contribution in [2.24, 2.45) is 7.05 Å². The maximum atomic E-state index is 9.05. The highest BCUT2D eigenvalue weighted by Gasteiger charge is 2.11. The summed E-state index contributed by atoms with van der Waals surface area (Å²) in [6, 6.07) is 9.89. The minimum atomic E-state index is 0.659. The molecule has 0 aliphatic heterocycles. The molecule has 1 aromatic carbocycles. The van der Waals surface area contributed by atoms with E-state index >= 15 is 0 Å². The predicted molar refractivity (Wildman–Crippen MR) is 62.1 cm³/mol. The SMILES string of the molecule is COc1ccccc1-c1cn(C)cc1C#N. The molecule has 1 heterocycles. The van der Waals surface area contributed by atoms with Crippen molar-refractivity contribution < 1.29 is 4.74 Å². The molecule has 16 heavy (non-hydrogen) atoms. The highest BCUT2D eigenvalue weighted by atomic mass is 16.5. The second kappa shape index (κ2) is 4.11. The van der Waals surface area contributed by atoms with Crippen LogP contribution in [0.25, 0.3) is 11.1 Å². The van der Waals surface area contributed by atoms with E-state index in [1.165, 1.54) is 0 Å². The lowest BCUT2D eigenvalue weighted by atomic mass is 10.0. The fourth-order valence-electron chi connectivity index (χ4n) is 1.75. The van der Waals surface area contributed by atoms with Crippen molar-refractivity contribution in [1.29, 1.82) is 5.26 Å². The minimum absolute atomic E-state index is 0.659. The summed E-state index contributed by atoms with van der Waals surface area (Å²) in [5.74, 6) is 0.783. The molecule has 3 heteroatoms. The van der Waals surface area contributed by atoms with Gasteiger partial charge in [-0.2, -0.15) is 5.26 Å². The molecule has 80 valence electrons. The van der Waals surface area contributed by atoms with Crippen LogP contribution in [0.1, 0.15) is 5.56 Å². The van der Waals surface area contributed by atoms with Crippen LogP contribution in [0.15, 0.2) is 36.7 Å². The van der Waals surface area contributed by atoms with Gasteiger partial charge in [-0.15, -0.1) is 0 Å². The zero-order valence-corrected chi connectivity index (χ0v) is 9.27. The average molecular weight is 212 g/mol. The first-order valence-corrected chi connectivity index (χ1v) is 4.95. The van der Waals surface area contributed by atoms with E-state index in [0.717, 1.165) is 16.9 Å². The molecular formula is C13H12N2O. The number of aromatic nitrogens is 1. The summed E-state index contributed by atoms with van der Waals surface area (Å²) in [4.78, 5) is 0. The molecule has 0 radical (unpaired) electrons. The predicted octanol–water partition coefficient (Wildman–Crippen LogP) is 2.57. The van der Waals surface area contributed by atoms with E-state index in [0.29, 0.717) is 5.56 Å². The summed E-state index contributed by atoms with van der Waals surface area (Å²) >= 11 is 0. The molecule has 0 amide bonds. The summed E-state index contributed by atoms with van der Waals surface area (Å²) in [6.07, 6.45) is 3.73. The second-order valence-electron chi connectivity index (χ2n) is 3.56. The number of methoxy groups -OCH3 is 1. The molecule has 3 nitrogen and oxygen atoms in total. The standard InChI is InChI=1S/C13H12N2O/c1-15-8-10(7-14)12(9-15)11-5-3-4-6-13(11)16-2/h3-6,8-9H,1-2H3. The lowest BCUT2D eigenvalue weighted by Gasteiger charge is -2.06. The Morgan fingerprint density at radius 3 is 2.62 bits per heavy atom. The van der Waals surface area contributed by atoms with Gasteiger partial charge in [-0.3, -0.25) is 0 Å². The van der Waals surface area contributed by atoms with Gasteiger partial charge in [0.1, 0.15) is 11.8 Å². The highest BCUT2D eigenvalue weighted by molar-refractivity contribution is 5.75. The van der Waals surface area contributed by atoms with Crippen LogP contribution in [-0.4, -0.2) is 11.7 Å². The minimum Gasteiger partial charge on any atom is -0.496 e. The van der Waals surface area contributed by atoms with E-state index in [-0.39, 0.29) is 0 Å². The second-order valence-corrected chi connectivity index (χ2v) is 3.56. The maximum absolute atomic E-state index is 9.05. The first kappa shape index (κ1) is 10.3. The van der Waals surface area contributed by atoms with E-state index in [1.807, 2.05) is 48.3 Å². The third-order valence-corrected chi connectivity index (χ3v) is 2.47. The number of hydrogen-bond acceptors (Lipinski definition) is 2. The number of para-hydroxylation sites is 1. The monoisotopic (exact) mass is 212 g/mol. The van der Waals surface area contributed by atoms with Gasteiger partial charge in [-0.1, -0.05) is 18.2 Å². The normalized spacial score (nSPS) is 9.81. The van der Waals surface area contributed by atoms with Crippen LogP contribution < -0.4 is 4.74 Å². The number of rotatable bonds is 2. The summed E-state index contributed by atoms with van der Waals surface area (Å²) in [5, 5.41) is 9.05. The van der Waals surface area contributed by atoms with Crippen LogP contribution >= 0.6 is 0 Å². The molecule has 0 unspecified atom stereocenters. The Hall–Kier alpha value is -2.21. The number of benzene rings is 1. The molecule has 0 saturated carbocycles. The topological polar surface area (TPSA) is 38.0 Å². The lowest BCUT2D eigenvalue weighted by molar-refractivity contribution is 0.416. The maximum Gasteiger partial charge on any atom is 0.126 e. The van der Waals surface area contributed by atoms with Crippen LogP contribution in [0.5, 0.6) is 5.75 Å². The number of nitrogens with zero attached hydrogens (tertiary/aromatic N) is 2. The Morgan fingerprint density at radius 1 is 1.19 bits per heavy atom. The van der Waals surface area contributed by atoms with E-state index < -0.39 is 0 Å². The van der Waals surface area contributed by atoms with Crippen LogP contribution in [0.4, 0.5) is 0 Å². The molecule has 2 rings (SSSR count). The molecule has 0 fully saturated rings. The number of ether oxygens (including phenoxy) is 1. The Balaban J connectivity index is 2.63. The quantitative estimate of drug-likeness (QED) is 0.767. The molecule has 2 aromatic rings. The van der Waals surface area contributed by atoms with Crippen LogP contribution in [0, 0.1) is 11.3 Å². The zero-order valence-electron chi connectivity index (χ0n) is 9.27. The van der Waals surface area contributed by atoms with Crippen molar-refractivity contribution in [3.8, 4) is 22.9 Å². The van der Waals surface area contributed by atoms with Gasteiger partial charge in [0.25, 0.3) is 0 Å². The van der Waals surface area contributed by atoms with Gasteiger partial charge >= 0.3 is 0 Å². The van der Waals surface area contributed by atoms with E-state index in [4.69, 9.17) is 10.00 Å². The molecule has 0 atom stereocenters. The average Bonchev–Trinajstić information content (AvgIpc) is 2.70. The van der Waals surface area contributed by atoms with Crippen molar-refractivity contribution >= 4 is 0 Å². The Labute approximate surface area is 94.5 Å². The lowest BCUT2D eigenvalue weighted by Crippen LogP contribution is -1.87. The molecule has 0 saturated heterocycles. The number of nitriles is 1. The van der Waals surface area contributed by atoms with Crippen LogP contribution in [0.3, 0.4) is 0 Å². The van der Waals surface area contributed by atoms with E-state index in [9.17, 15) is 0 Å². The van der Waals surface area contributed by atoms with Gasteiger partial charge in [0.2, 0.25) is 0 Å². The number of aryl methyl sites for hydroxylation is 1. The van der Waals surface area contributed by atoms with Gasteiger partial charge in [0.05, 0.1) is 12.7 Å². The van der Waals surface area contributed by atoms with E-state index in [1.54, 1.807) is 7.11 Å². The van der Waals surface area contributed by atoms with Gasteiger partial charge in [0, 0.05) is 30.6 Å². The van der Waals surface area contributed by atoms with Gasteiger partial charge in [0.15, 0.2) is 0 Å². The largest absolute Gasteiger partial charge is 0.496 e. The van der Waals surface area contributed by atoms with Crippen molar-refractivity contribution in [2.75, 3.05) is 7.11 Å². The fourth-order valence-corrected chi connectivity index (χ4v) is 1.75. The summed E-state index contributed by atoms with van der Waals surface area (Å²) in [5.41, 5.74) is 2.51. The smallest absolute Gasteiger partial charge is 0.126 e. The molecule has 0 aliphatic rings. The molecule has 0 bridgehead atoms. The third-order valence-electron chi connectivity index (χ3n) is 2.47. The summed E-state index contributed by atoms with van der Waals surface area (Å²) < 4.78 is 7.17. The van der Waals surface area contributed by atoms with Crippen molar-refractivity contribution in [3.05, 3.63) is 42.2 Å². The van der Waals surface area contributed by atoms with Crippen LogP contribution in [0.2, 0.25) is 0 Å². The highest BCUT2D eigenvalue weighted by Crippen LogP contribution is 2.32. The number of hydrogen-bond donors (Lipinski definition) is 0. The Kier molecular flexibility index (Phi) is 2.65. The Bertz CT molecular complexity index is 549. The van der Waals surface area contributed by atoms with Gasteiger partial charge in [-0.05, 0) is 6.07 Å². The van der Waals surface area contributed by atoms with Gasteiger partial charge < -0.3 is 9.30 Å². The molecule has 0 spiro atoms. The zero-order chi connectivity index (χ0) is 11.5. The first-order valence-electron chi connectivity index (χ1n) is 4.95. The molecule has 0 N–H and O–H groups in total.